The minimum atomic E-state index is 0.641. The molecule has 0 saturated carbocycles. The van der Waals surface area contributed by atoms with Crippen molar-refractivity contribution in [1.82, 2.24) is 0 Å². The summed E-state index contributed by atoms with van der Waals surface area (Å²) >= 11 is 0. The molecule has 0 nitrogen and oxygen atoms in total. The lowest BCUT2D eigenvalue weighted by molar-refractivity contribution is 1.25. The first-order valence-corrected chi connectivity index (χ1v) is 3.08. The van der Waals surface area contributed by atoms with Gasteiger partial charge in [-0.3, -0.25) is 0 Å². The third-order valence-electron chi connectivity index (χ3n) is 1.32. The second kappa shape index (κ2) is 2.67. The van der Waals surface area contributed by atoms with Crippen molar-refractivity contribution >= 4 is 0 Å². The molecule has 0 spiro atoms. The predicted molar refractivity (Wildman–Crippen MR) is 39.2 cm³/mol. The molecule has 0 heterocycles. The summed E-state index contributed by atoms with van der Waals surface area (Å²) in [6.45, 7) is 7.49. The van der Waals surface area contributed by atoms with Crippen molar-refractivity contribution in [3.63, 3.8) is 0 Å². The van der Waals surface area contributed by atoms with Crippen LogP contribution in [0.3, 0.4) is 0 Å². The van der Waals surface area contributed by atoms with E-state index in [9.17, 15) is 0 Å². The van der Waals surface area contributed by atoms with Gasteiger partial charge in [0.15, 0.2) is 0 Å². The zero-order valence-corrected chi connectivity index (χ0v) is 5.59. The van der Waals surface area contributed by atoms with Gasteiger partial charge in [0.1, 0.15) is 0 Å². The summed E-state index contributed by atoms with van der Waals surface area (Å²) in [5, 5.41) is 0. The first kappa shape index (κ1) is 6.34. The Bertz CT molecular complexity index is 189. The van der Waals surface area contributed by atoms with Crippen LogP contribution in [0.1, 0.15) is 11.1 Å². The Kier molecular flexibility index (Phi) is 1.88. The van der Waals surface area contributed by atoms with E-state index in [1.165, 1.54) is 11.1 Å². The molecule has 0 bridgehead atoms. The van der Waals surface area contributed by atoms with Crippen LogP contribution in [-0.2, 0) is 6.42 Å². The molecule has 0 atom stereocenters. The van der Waals surface area contributed by atoms with Gasteiger partial charge >= 0.3 is 0 Å². The maximum atomic E-state index is 5.42. The first-order valence-electron chi connectivity index (χ1n) is 3.08. The zero-order chi connectivity index (χ0) is 6.69. The predicted octanol–water partition coefficient (Wildman–Crippen LogP) is 2.25. The lowest BCUT2D eigenvalue weighted by atomic mass is 10.1. The maximum absolute atomic E-state index is 5.42. The van der Waals surface area contributed by atoms with Crippen molar-refractivity contribution in [2.45, 2.75) is 13.3 Å². The highest BCUT2D eigenvalue weighted by atomic mass is 13.9. The van der Waals surface area contributed by atoms with Crippen molar-refractivity contribution in [1.29, 1.82) is 0 Å². The number of hydrogen-bond acceptors (Lipinski definition) is 0. The molecule has 1 aromatic rings. The van der Waals surface area contributed by atoms with Gasteiger partial charge in [-0.05, 0) is 25.8 Å². The molecule has 0 aliphatic rings. The van der Waals surface area contributed by atoms with Crippen LogP contribution in [-0.4, -0.2) is 0 Å². The summed E-state index contributed by atoms with van der Waals surface area (Å²) < 4.78 is 0. The molecule has 0 amide bonds. The summed E-state index contributed by atoms with van der Waals surface area (Å²) in [6, 6.07) is 8.23. The molecule has 0 heteroatoms. The van der Waals surface area contributed by atoms with E-state index in [0.29, 0.717) is 6.42 Å². The van der Waals surface area contributed by atoms with Gasteiger partial charge in [0.05, 0.1) is 0 Å². The van der Waals surface area contributed by atoms with Crippen LogP contribution < -0.4 is 0 Å². The van der Waals surface area contributed by atoms with Crippen molar-refractivity contribution < 1.29 is 0 Å². The van der Waals surface area contributed by atoms with E-state index in [1.807, 2.05) is 12.1 Å². The molecule has 0 fully saturated rings. The molecule has 1 rings (SSSR count). The maximum Gasteiger partial charge on any atom is -0.0245 e. The molecule has 0 N–H and O–H groups in total. The fourth-order valence-corrected chi connectivity index (χ4v) is 0.839. The molecular weight excluding hydrogens is 108 g/mol. The van der Waals surface area contributed by atoms with Crippen molar-refractivity contribution in [2.75, 3.05) is 0 Å². The Morgan fingerprint density at radius 2 is 2.22 bits per heavy atom. The van der Waals surface area contributed by atoms with E-state index in [-0.39, 0.29) is 0 Å². The van der Waals surface area contributed by atoms with Gasteiger partial charge in [0.25, 0.3) is 0 Å². The van der Waals surface area contributed by atoms with Crippen LogP contribution in [0, 0.1) is 13.8 Å². The molecule has 0 aliphatic heterocycles. The SMILES string of the molecule is [CH]Cc1cccc(C)c1. The van der Waals surface area contributed by atoms with Gasteiger partial charge < -0.3 is 0 Å². The summed E-state index contributed by atoms with van der Waals surface area (Å²) in [4.78, 5) is 0. The van der Waals surface area contributed by atoms with E-state index in [0.717, 1.165) is 0 Å². The quantitative estimate of drug-likeness (QED) is 0.530. The highest BCUT2D eigenvalue weighted by Gasteiger charge is 1.86. The Hall–Kier alpha value is -0.780. The lowest BCUT2D eigenvalue weighted by Crippen LogP contribution is -1.79. The standard InChI is InChI=1S/C9H10/c1-3-9-6-4-5-8(2)7-9/h1,4-7H,3H2,2H3. The monoisotopic (exact) mass is 118 g/mol. The molecule has 1 aromatic carbocycles. The van der Waals surface area contributed by atoms with Crippen molar-refractivity contribution in [3.8, 4) is 0 Å². The zero-order valence-electron chi connectivity index (χ0n) is 5.59. The van der Waals surface area contributed by atoms with Gasteiger partial charge in [-0.15, -0.1) is 0 Å². The number of rotatable bonds is 1. The molecule has 0 aromatic heterocycles. The van der Waals surface area contributed by atoms with Crippen LogP contribution in [0.5, 0.6) is 0 Å². The van der Waals surface area contributed by atoms with E-state index < -0.39 is 0 Å². The topological polar surface area (TPSA) is 0 Å². The van der Waals surface area contributed by atoms with Gasteiger partial charge in [0, 0.05) is 0 Å². The van der Waals surface area contributed by atoms with Crippen LogP contribution in [0.15, 0.2) is 24.3 Å². The van der Waals surface area contributed by atoms with Crippen LogP contribution in [0.2, 0.25) is 0 Å². The van der Waals surface area contributed by atoms with Crippen molar-refractivity contribution in [2.24, 2.45) is 0 Å². The highest BCUT2D eigenvalue weighted by molar-refractivity contribution is 5.22. The Balaban J connectivity index is 2.94. The summed E-state index contributed by atoms with van der Waals surface area (Å²) in [5.41, 5.74) is 2.48. The highest BCUT2D eigenvalue weighted by Crippen LogP contribution is 2.02. The van der Waals surface area contributed by atoms with E-state index in [4.69, 9.17) is 6.92 Å². The van der Waals surface area contributed by atoms with Gasteiger partial charge in [0.2, 0.25) is 0 Å². The van der Waals surface area contributed by atoms with Gasteiger partial charge in [-0.2, -0.15) is 0 Å². The molecule has 0 unspecified atom stereocenters. The largest absolute Gasteiger partial charge is 0.0617 e. The Morgan fingerprint density at radius 1 is 1.44 bits per heavy atom. The fraction of sp³-hybridized carbons (Fsp3) is 0.222. The third-order valence-corrected chi connectivity index (χ3v) is 1.32. The Labute approximate surface area is 56.5 Å². The average molecular weight is 118 g/mol. The first-order chi connectivity index (χ1) is 4.33. The summed E-state index contributed by atoms with van der Waals surface area (Å²) in [6.07, 6.45) is 0.641. The minimum Gasteiger partial charge on any atom is -0.0617 e. The molecule has 2 radical (unpaired) electrons. The van der Waals surface area contributed by atoms with Crippen molar-refractivity contribution in [3.05, 3.63) is 42.3 Å². The molecule has 9 heavy (non-hydrogen) atoms. The summed E-state index contributed by atoms with van der Waals surface area (Å²) in [7, 11) is 0. The van der Waals surface area contributed by atoms with Crippen LogP contribution in [0.4, 0.5) is 0 Å². The lowest BCUT2D eigenvalue weighted by Gasteiger charge is -1.95. The van der Waals surface area contributed by atoms with E-state index >= 15 is 0 Å². The van der Waals surface area contributed by atoms with E-state index in [1.54, 1.807) is 0 Å². The molecule has 0 aliphatic carbocycles. The second-order valence-corrected chi connectivity index (χ2v) is 2.19. The Morgan fingerprint density at radius 3 is 2.67 bits per heavy atom. The van der Waals surface area contributed by atoms with E-state index in [2.05, 4.69) is 19.1 Å². The third kappa shape index (κ3) is 1.56. The van der Waals surface area contributed by atoms with Crippen LogP contribution in [0.25, 0.3) is 0 Å². The second-order valence-electron chi connectivity index (χ2n) is 2.19. The fourth-order valence-electron chi connectivity index (χ4n) is 0.839. The number of aryl methyl sites for hydroxylation is 1. The average Bonchev–Trinajstić information content (AvgIpc) is 1.88. The smallest absolute Gasteiger partial charge is 0.0245 e. The van der Waals surface area contributed by atoms with Gasteiger partial charge in [-0.1, -0.05) is 29.8 Å². The molecular formula is C9H10. The van der Waals surface area contributed by atoms with Crippen LogP contribution >= 0.6 is 0 Å². The molecule has 46 valence electrons. The normalized spacial score (nSPS) is 9.56. The molecule has 0 saturated heterocycles. The minimum absolute atomic E-state index is 0.641. The van der Waals surface area contributed by atoms with Gasteiger partial charge in [-0.25, -0.2) is 0 Å². The number of benzene rings is 1. The summed E-state index contributed by atoms with van der Waals surface area (Å²) in [5.74, 6) is 0. The number of hydrogen-bond donors (Lipinski definition) is 0.